The second-order valence-electron chi connectivity index (χ2n) is 3.83. The largest absolute Gasteiger partial charge is 0.489 e. The average Bonchev–Trinajstić information content (AvgIpc) is 2.73. The van der Waals surface area contributed by atoms with Gasteiger partial charge in [0.05, 0.1) is 9.35 Å². The Morgan fingerprint density at radius 2 is 2.22 bits per heavy atom. The Bertz CT molecular complexity index is 577. The van der Waals surface area contributed by atoms with E-state index in [1.54, 1.807) is 29.5 Å². The van der Waals surface area contributed by atoms with Crippen molar-refractivity contribution >= 4 is 33.2 Å². The third-order valence-electron chi connectivity index (χ3n) is 2.44. The molecular weight excluding hydrogens is 316 g/mol. The van der Waals surface area contributed by atoms with Crippen LogP contribution in [0.25, 0.3) is 0 Å². The Balaban J connectivity index is 2.08. The zero-order valence-electron chi connectivity index (χ0n) is 9.64. The first-order chi connectivity index (χ1) is 8.56. The number of hydrogen-bond acceptors (Lipinski definition) is 3. The summed E-state index contributed by atoms with van der Waals surface area (Å²) in [5.41, 5.74) is 2.19. The molecule has 0 aliphatic carbocycles. The normalized spacial score (nSPS) is 10.3. The molecule has 1 heterocycles. The van der Waals surface area contributed by atoms with Crippen LogP contribution in [-0.2, 0) is 6.61 Å². The molecule has 0 unspecified atom stereocenters. The van der Waals surface area contributed by atoms with E-state index in [9.17, 15) is 4.79 Å². The van der Waals surface area contributed by atoms with E-state index in [1.807, 2.05) is 18.4 Å². The zero-order valence-corrected chi connectivity index (χ0v) is 12.0. The van der Waals surface area contributed by atoms with Gasteiger partial charge in [-0.25, -0.2) is 4.79 Å². The Hall–Kier alpha value is -1.33. The van der Waals surface area contributed by atoms with Crippen LogP contribution >= 0.6 is 27.3 Å². The Morgan fingerprint density at radius 3 is 2.78 bits per heavy atom. The van der Waals surface area contributed by atoms with Gasteiger partial charge in [0.25, 0.3) is 0 Å². The van der Waals surface area contributed by atoms with E-state index in [4.69, 9.17) is 9.84 Å². The van der Waals surface area contributed by atoms with Crippen LogP contribution in [0.2, 0.25) is 0 Å². The summed E-state index contributed by atoms with van der Waals surface area (Å²) in [6.45, 7) is 2.32. The Kier molecular flexibility index (Phi) is 4.04. The highest BCUT2D eigenvalue weighted by molar-refractivity contribution is 9.11. The van der Waals surface area contributed by atoms with E-state index in [0.29, 0.717) is 12.4 Å². The monoisotopic (exact) mass is 326 g/mol. The molecule has 0 aliphatic rings. The van der Waals surface area contributed by atoms with Gasteiger partial charge in [0.15, 0.2) is 0 Å². The summed E-state index contributed by atoms with van der Waals surface area (Å²) in [6, 6.07) is 6.86. The Labute approximate surface area is 117 Å². The van der Waals surface area contributed by atoms with Gasteiger partial charge < -0.3 is 9.84 Å². The van der Waals surface area contributed by atoms with Crippen molar-refractivity contribution < 1.29 is 14.6 Å². The molecule has 2 aromatic rings. The summed E-state index contributed by atoms with van der Waals surface area (Å²) < 4.78 is 6.73. The van der Waals surface area contributed by atoms with Crippen molar-refractivity contribution in [3.63, 3.8) is 0 Å². The maximum Gasteiger partial charge on any atom is 0.335 e. The van der Waals surface area contributed by atoms with E-state index in [1.165, 1.54) is 0 Å². The number of benzene rings is 1. The number of ether oxygens (including phenoxy) is 1. The van der Waals surface area contributed by atoms with Gasteiger partial charge in [-0.15, -0.1) is 11.3 Å². The van der Waals surface area contributed by atoms with Gasteiger partial charge in [-0.2, -0.15) is 0 Å². The van der Waals surface area contributed by atoms with Gasteiger partial charge in [0.1, 0.15) is 12.4 Å². The van der Waals surface area contributed by atoms with Crippen LogP contribution in [0.3, 0.4) is 0 Å². The van der Waals surface area contributed by atoms with Crippen LogP contribution in [0, 0.1) is 6.92 Å². The highest BCUT2D eigenvalue weighted by atomic mass is 79.9. The molecule has 5 heteroatoms. The molecule has 94 valence electrons. The average molecular weight is 327 g/mol. The molecule has 0 aliphatic heterocycles. The molecule has 0 atom stereocenters. The highest BCUT2D eigenvalue weighted by Gasteiger charge is 2.07. The fourth-order valence-electron chi connectivity index (χ4n) is 1.53. The van der Waals surface area contributed by atoms with Crippen molar-refractivity contribution in [1.29, 1.82) is 0 Å². The highest BCUT2D eigenvalue weighted by Crippen LogP contribution is 2.24. The molecule has 1 aromatic heterocycles. The lowest BCUT2D eigenvalue weighted by Crippen LogP contribution is -1.99. The van der Waals surface area contributed by atoms with E-state index in [0.717, 1.165) is 14.9 Å². The predicted molar refractivity (Wildman–Crippen MR) is 74.5 cm³/mol. The summed E-state index contributed by atoms with van der Waals surface area (Å²) in [5, 5.41) is 10.9. The molecule has 1 aromatic carbocycles. The molecule has 0 saturated carbocycles. The lowest BCUT2D eigenvalue weighted by Gasteiger charge is -2.08. The Morgan fingerprint density at radius 1 is 1.44 bits per heavy atom. The fraction of sp³-hybridized carbons (Fsp3) is 0.154. The van der Waals surface area contributed by atoms with Crippen molar-refractivity contribution in [2.75, 3.05) is 0 Å². The smallest absolute Gasteiger partial charge is 0.335 e. The third-order valence-corrected chi connectivity index (χ3v) is 3.99. The second-order valence-corrected chi connectivity index (χ2v) is 6.12. The van der Waals surface area contributed by atoms with Crippen molar-refractivity contribution in [2.45, 2.75) is 13.5 Å². The van der Waals surface area contributed by atoms with Gasteiger partial charge >= 0.3 is 5.97 Å². The van der Waals surface area contributed by atoms with Crippen LogP contribution in [0.15, 0.2) is 33.4 Å². The van der Waals surface area contributed by atoms with Gasteiger partial charge in [-0.05, 0) is 58.1 Å². The van der Waals surface area contributed by atoms with Crippen molar-refractivity contribution in [3.05, 3.63) is 50.1 Å². The summed E-state index contributed by atoms with van der Waals surface area (Å²) in [5.74, 6) is -0.214. The quantitative estimate of drug-likeness (QED) is 0.920. The molecule has 0 amide bonds. The summed E-state index contributed by atoms with van der Waals surface area (Å²) in [6.07, 6.45) is 0. The number of carboxylic acids is 1. The summed E-state index contributed by atoms with van der Waals surface area (Å²) in [7, 11) is 0. The number of halogens is 1. The topological polar surface area (TPSA) is 46.5 Å². The fourth-order valence-corrected chi connectivity index (χ4v) is 2.72. The van der Waals surface area contributed by atoms with Crippen LogP contribution < -0.4 is 4.74 Å². The van der Waals surface area contributed by atoms with E-state index in [-0.39, 0.29) is 5.56 Å². The zero-order chi connectivity index (χ0) is 13.1. The maximum absolute atomic E-state index is 10.8. The van der Waals surface area contributed by atoms with E-state index in [2.05, 4.69) is 15.9 Å². The predicted octanol–water partition coefficient (Wildman–Crippen LogP) is 4.10. The number of aromatic carboxylic acids is 1. The van der Waals surface area contributed by atoms with Gasteiger partial charge in [-0.1, -0.05) is 0 Å². The number of rotatable bonds is 4. The first-order valence-corrected chi connectivity index (χ1v) is 6.93. The SMILES string of the molecule is Cc1cc(C(=O)O)ccc1OCc1csc(Br)c1. The third kappa shape index (κ3) is 3.11. The number of thiophene rings is 1. The maximum atomic E-state index is 10.8. The summed E-state index contributed by atoms with van der Waals surface area (Å²) in [4.78, 5) is 10.8. The standard InChI is InChI=1S/C13H11BrO3S/c1-8-4-10(13(15)16)2-3-11(8)17-6-9-5-12(14)18-7-9/h2-5,7H,6H2,1H3,(H,15,16). The van der Waals surface area contributed by atoms with Crippen LogP contribution in [0.5, 0.6) is 5.75 Å². The van der Waals surface area contributed by atoms with Crippen LogP contribution in [0.4, 0.5) is 0 Å². The molecule has 0 bridgehead atoms. The minimum absolute atomic E-state index is 0.276. The lowest BCUT2D eigenvalue weighted by atomic mass is 10.1. The molecule has 0 saturated heterocycles. The first kappa shape index (κ1) is 13.1. The lowest BCUT2D eigenvalue weighted by molar-refractivity contribution is 0.0696. The summed E-state index contributed by atoms with van der Waals surface area (Å²) >= 11 is 5.01. The van der Waals surface area contributed by atoms with Crippen molar-refractivity contribution in [2.24, 2.45) is 0 Å². The first-order valence-electron chi connectivity index (χ1n) is 5.26. The van der Waals surface area contributed by atoms with Gasteiger partial charge in [0, 0.05) is 5.56 Å². The molecule has 1 N–H and O–H groups in total. The number of aryl methyl sites for hydroxylation is 1. The van der Waals surface area contributed by atoms with E-state index >= 15 is 0 Å². The van der Waals surface area contributed by atoms with Gasteiger partial charge in [-0.3, -0.25) is 0 Å². The number of carbonyl (C=O) groups is 1. The van der Waals surface area contributed by atoms with Gasteiger partial charge in [0.2, 0.25) is 0 Å². The molecule has 0 spiro atoms. The molecule has 2 rings (SSSR count). The number of carboxylic acid groups (broad SMARTS) is 1. The minimum atomic E-state index is -0.925. The molecule has 0 radical (unpaired) electrons. The van der Waals surface area contributed by atoms with Crippen molar-refractivity contribution in [1.82, 2.24) is 0 Å². The second kappa shape index (κ2) is 5.54. The molecular formula is C13H11BrO3S. The molecule has 3 nitrogen and oxygen atoms in total. The van der Waals surface area contributed by atoms with Crippen LogP contribution in [0.1, 0.15) is 21.5 Å². The van der Waals surface area contributed by atoms with Crippen molar-refractivity contribution in [3.8, 4) is 5.75 Å². The van der Waals surface area contributed by atoms with Crippen LogP contribution in [-0.4, -0.2) is 11.1 Å². The number of hydrogen-bond donors (Lipinski definition) is 1. The molecule has 0 fully saturated rings. The van der Waals surface area contributed by atoms with E-state index < -0.39 is 5.97 Å². The molecule has 18 heavy (non-hydrogen) atoms. The minimum Gasteiger partial charge on any atom is -0.489 e.